The van der Waals surface area contributed by atoms with Crippen molar-refractivity contribution in [2.75, 3.05) is 20.3 Å². The predicted molar refractivity (Wildman–Crippen MR) is 86.8 cm³/mol. The van der Waals surface area contributed by atoms with E-state index in [1.807, 2.05) is 0 Å². The lowest BCUT2D eigenvalue weighted by molar-refractivity contribution is 0.0967. The van der Waals surface area contributed by atoms with Crippen molar-refractivity contribution in [3.8, 4) is 0 Å². The molecule has 2 rings (SSSR count). The summed E-state index contributed by atoms with van der Waals surface area (Å²) < 4.78 is 5.26. The fraction of sp³-hybridized carbons (Fsp3) is 0.812. The standard InChI is InChI=1S/C16H28N2O2S/c1-16(8-9-19,12-20-2)17-10-14-11-21-15(18-14)13-6-4-3-5-7-13/h11,13,17,19H,3-10,12H2,1-2H3. The van der Waals surface area contributed by atoms with Gasteiger partial charge in [0.05, 0.1) is 17.3 Å². The van der Waals surface area contributed by atoms with Crippen molar-refractivity contribution in [3.05, 3.63) is 16.1 Å². The zero-order valence-electron chi connectivity index (χ0n) is 13.2. The maximum absolute atomic E-state index is 9.19. The highest BCUT2D eigenvalue weighted by atomic mass is 32.1. The van der Waals surface area contributed by atoms with E-state index in [-0.39, 0.29) is 12.1 Å². The Labute approximate surface area is 131 Å². The zero-order valence-corrected chi connectivity index (χ0v) is 14.0. The first-order valence-corrected chi connectivity index (χ1v) is 8.84. The van der Waals surface area contributed by atoms with Crippen LogP contribution in [0.25, 0.3) is 0 Å². The number of thiazole rings is 1. The van der Waals surface area contributed by atoms with E-state index >= 15 is 0 Å². The lowest BCUT2D eigenvalue weighted by atomic mass is 9.90. The van der Waals surface area contributed by atoms with Gasteiger partial charge in [-0.15, -0.1) is 11.3 Å². The van der Waals surface area contributed by atoms with Gasteiger partial charge in [0.1, 0.15) is 0 Å². The molecule has 1 aromatic heterocycles. The second kappa shape index (κ2) is 8.22. The Bertz CT molecular complexity index is 410. The van der Waals surface area contributed by atoms with Crippen LogP contribution in [0.5, 0.6) is 0 Å². The first-order valence-electron chi connectivity index (χ1n) is 7.96. The molecular formula is C16H28N2O2S. The molecule has 0 aliphatic heterocycles. The van der Waals surface area contributed by atoms with Gasteiger partial charge in [-0.25, -0.2) is 4.98 Å². The van der Waals surface area contributed by atoms with Crippen molar-refractivity contribution in [3.63, 3.8) is 0 Å². The average Bonchev–Trinajstić information content (AvgIpc) is 2.96. The summed E-state index contributed by atoms with van der Waals surface area (Å²) in [5.41, 5.74) is 0.916. The van der Waals surface area contributed by atoms with Gasteiger partial charge < -0.3 is 15.2 Å². The molecule has 0 radical (unpaired) electrons. The number of nitrogens with zero attached hydrogens (tertiary/aromatic N) is 1. The first kappa shape index (κ1) is 16.9. The molecule has 5 heteroatoms. The van der Waals surface area contributed by atoms with E-state index in [0.717, 1.165) is 12.2 Å². The summed E-state index contributed by atoms with van der Waals surface area (Å²) in [7, 11) is 1.70. The summed E-state index contributed by atoms with van der Waals surface area (Å²) in [4.78, 5) is 4.81. The van der Waals surface area contributed by atoms with Crippen LogP contribution in [-0.2, 0) is 11.3 Å². The smallest absolute Gasteiger partial charge is 0.0959 e. The third kappa shape index (κ3) is 5.02. The van der Waals surface area contributed by atoms with Crippen LogP contribution < -0.4 is 5.32 Å². The van der Waals surface area contributed by atoms with Crippen molar-refractivity contribution in [2.45, 2.75) is 63.5 Å². The van der Waals surface area contributed by atoms with Gasteiger partial charge in [-0.1, -0.05) is 19.3 Å². The maximum Gasteiger partial charge on any atom is 0.0959 e. The van der Waals surface area contributed by atoms with E-state index in [1.165, 1.54) is 37.1 Å². The number of methoxy groups -OCH3 is 1. The Morgan fingerprint density at radius 1 is 1.43 bits per heavy atom. The molecule has 4 nitrogen and oxygen atoms in total. The molecule has 1 saturated carbocycles. The normalized spacial score (nSPS) is 19.6. The number of aliphatic hydroxyl groups is 1. The summed E-state index contributed by atoms with van der Waals surface area (Å²) in [6.07, 6.45) is 7.35. The second-order valence-corrected chi connectivity index (χ2v) is 7.22. The molecule has 1 unspecified atom stereocenters. The van der Waals surface area contributed by atoms with E-state index < -0.39 is 0 Å². The van der Waals surface area contributed by atoms with Gasteiger partial charge in [-0.3, -0.25) is 0 Å². The molecule has 1 atom stereocenters. The molecule has 2 N–H and O–H groups in total. The lowest BCUT2D eigenvalue weighted by Gasteiger charge is -2.29. The second-order valence-electron chi connectivity index (χ2n) is 6.33. The zero-order chi connectivity index (χ0) is 15.1. The highest BCUT2D eigenvalue weighted by Crippen LogP contribution is 2.34. The van der Waals surface area contributed by atoms with E-state index in [1.54, 1.807) is 18.4 Å². The molecule has 1 aliphatic rings. The minimum absolute atomic E-state index is 0.164. The average molecular weight is 312 g/mol. The molecule has 1 aromatic rings. The van der Waals surface area contributed by atoms with Gasteiger partial charge in [0.25, 0.3) is 0 Å². The summed E-state index contributed by atoms with van der Waals surface area (Å²) in [6.45, 7) is 3.58. The van der Waals surface area contributed by atoms with Crippen molar-refractivity contribution >= 4 is 11.3 Å². The van der Waals surface area contributed by atoms with Gasteiger partial charge in [-0.2, -0.15) is 0 Å². The number of aliphatic hydroxyl groups excluding tert-OH is 1. The number of nitrogens with one attached hydrogen (secondary N) is 1. The summed E-state index contributed by atoms with van der Waals surface area (Å²) in [5, 5.41) is 16.2. The minimum atomic E-state index is -0.196. The van der Waals surface area contributed by atoms with Gasteiger partial charge in [0.2, 0.25) is 0 Å². The van der Waals surface area contributed by atoms with Gasteiger partial charge >= 0.3 is 0 Å². The van der Waals surface area contributed by atoms with Crippen LogP contribution in [-0.4, -0.2) is 36.0 Å². The van der Waals surface area contributed by atoms with Crippen molar-refractivity contribution < 1.29 is 9.84 Å². The van der Waals surface area contributed by atoms with Gasteiger partial charge in [0.15, 0.2) is 0 Å². The Morgan fingerprint density at radius 2 is 2.19 bits per heavy atom. The van der Waals surface area contributed by atoms with Crippen molar-refractivity contribution in [1.82, 2.24) is 10.3 Å². The number of hydrogen-bond acceptors (Lipinski definition) is 5. The number of aromatic nitrogens is 1. The fourth-order valence-corrected chi connectivity index (χ4v) is 4.01. The fourth-order valence-electron chi connectivity index (χ4n) is 3.02. The molecule has 1 fully saturated rings. The monoisotopic (exact) mass is 312 g/mol. The molecule has 120 valence electrons. The van der Waals surface area contributed by atoms with Crippen molar-refractivity contribution in [1.29, 1.82) is 0 Å². The molecule has 0 bridgehead atoms. The molecule has 0 spiro atoms. The van der Waals surface area contributed by atoms with Crippen LogP contribution in [0.15, 0.2) is 5.38 Å². The summed E-state index contributed by atoms with van der Waals surface area (Å²) in [5.74, 6) is 0.681. The number of ether oxygens (including phenoxy) is 1. The van der Waals surface area contributed by atoms with Crippen LogP contribution in [0.3, 0.4) is 0 Å². The molecule has 1 aliphatic carbocycles. The van der Waals surface area contributed by atoms with E-state index in [2.05, 4.69) is 17.6 Å². The van der Waals surface area contributed by atoms with Crippen LogP contribution >= 0.6 is 11.3 Å². The maximum atomic E-state index is 9.19. The van der Waals surface area contributed by atoms with E-state index in [4.69, 9.17) is 9.72 Å². The topological polar surface area (TPSA) is 54.4 Å². The van der Waals surface area contributed by atoms with Gasteiger partial charge in [0, 0.05) is 37.1 Å². The minimum Gasteiger partial charge on any atom is -0.396 e. The Hall–Kier alpha value is -0.490. The Morgan fingerprint density at radius 3 is 2.86 bits per heavy atom. The van der Waals surface area contributed by atoms with Gasteiger partial charge in [-0.05, 0) is 26.2 Å². The predicted octanol–water partition coefficient (Wildman–Crippen LogP) is 3.07. The molecular weight excluding hydrogens is 284 g/mol. The number of rotatable bonds is 8. The van der Waals surface area contributed by atoms with Crippen LogP contribution in [0, 0.1) is 0 Å². The largest absolute Gasteiger partial charge is 0.396 e. The van der Waals surface area contributed by atoms with E-state index in [9.17, 15) is 5.11 Å². The molecule has 1 heterocycles. The van der Waals surface area contributed by atoms with Crippen molar-refractivity contribution in [2.24, 2.45) is 0 Å². The molecule has 0 aromatic carbocycles. The van der Waals surface area contributed by atoms with Crippen LogP contribution in [0.2, 0.25) is 0 Å². The SMILES string of the molecule is COCC(C)(CCO)NCc1csc(C2CCCCC2)n1. The first-order chi connectivity index (χ1) is 10.2. The lowest BCUT2D eigenvalue weighted by Crippen LogP contribution is -2.46. The molecule has 0 saturated heterocycles. The third-order valence-electron chi connectivity index (χ3n) is 4.35. The Kier molecular flexibility index (Phi) is 6.61. The van der Waals surface area contributed by atoms with E-state index in [0.29, 0.717) is 18.9 Å². The molecule has 21 heavy (non-hydrogen) atoms. The summed E-state index contributed by atoms with van der Waals surface area (Å²) in [6, 6.07) is 0. The Balaban J connectivity index is 1.89. The third-order valence-corrected chi connectivity index (χ3v) is 5.40. The van der Waals surface area contributed by atoms with Crippen LogP contribution in [0.1, 0.15) is 62.1 Å². The summed E-state index contributed by atoms with van der Waals surface area (Å²) >= 11 is 1.80. The highest BCUT2D eigenvalue weighted by Gasteiger charge is 2.24. The number of hydrogen-bond donors (Lipinski definition) is 2. The van der Waals surface area contributed by atoms with Crippen LogP contribution in [0.4, 0.5) is 0 Å². The highest BCUT2D eigenvalue weighted by molar-refractivity contribution is 7.09. The quantitative estimate of drug-likeness (QED) is 0.774. The molecule has 0 amide bonds.